The van der Waals surface area contributed by atoms with Crippen LogP contribution in [0.1, 0.15) is 18.4 Å². The van der Waals surface area contributed by atoms with Crippen LogP contribution in [0.2, 0.25) is 0 Å². The number of carbonyl (C=O) groups is 1. The van der Waals surface area contributed by atoms with E-state index in [1.54, 1.807) is 33.5 Å². The maximum Gasteiger partial charge on any atom is 0.224 e. The Balaban J connectivity index is 2.00. The van der Waals surface area contributed by atoms with Crippen molar-refractivity contribution in [3.8, 4) is 17.2 Å². The summed E-state index contributed by atoms with van der Waals surface area (Å²) in [4.78, 5) is 12.0. The summed E-state index contributed by atoms with van der Waals surface area (Å²) in [5, 5.41) is 2.90. The molecular formula is C16H23NO5. The monoisotopic (exact) mass is 309 g/mol. The highest BCUT2D eigenvalue weighted by Gasteiger charge is 2.18. The van der Waals surface area contributed by atoms with E-state index in [0.29, 0.717) is 23.8 Å². The van der Waals surface area contributed by atoms with Crippen LogP contribution in [0, 0.1) is 0 Å². The van der Waals surface area contributed by atoms with Gasteiger partial charge in [0.2, 0.25) is 11.7 Å². The van der Waals surface area contributed by atoms with Gasteiger partial charge >= 0.3 is 0 Å². The quantitative estimate of drug-likeness (QED) is 0.828. The van der Waals surface area contributed by atoms with E-state index in [9.17, 15) is 4.79 Å². The van der Waals surface area contributed by atoms with Crippen LogP contribution in [0.3, 0.4) is 0 Å². The van der Waals surface area contributed by atoms with Gasteiger partial charge in [0, 0.05) is 13.2 Å². The zero-order chi connectivity index (χ0) is 15.9. The van der Waals surface area contributed by atoms with Gasteiger partial charge in [0.05, 0.1) is 33.9 Å². The van der Waals surface area contributed by atoms with Crippen molar-refractivity contribution in [2.45, 2.75) is 25.4 Å². The normalized spacial score (nSPS) is 17.1. The van der Waals surface area contributed by atoms with Crippen molar-refractivity contribution in [2.75, 3.05) is 34.5 Å². The van der Waals surface area contributed by atoms with E-state index in [2.05, 4.69) is 5.32 Å². The Bertz CT molecular complexity index is 486. The summed E-state index contributed by atoms with van der Waals surface area (Å²) in [5.41, 5.74) is 0.805. The van der Waals surface area contributed by atoms with Crippen molar-refractivity contribution in [3.05, 3.63) is 17.7 Å². The third-order valence-electron chi connectivity index (χ3n) is 3.64. The lowest BCUT2D eigenvalue weighted by Crippen LogP contribution is -2.32. The molecule has 2 rings (SSSR count). The second-order valence-corrected chi connectivity index (χ2v) is 5.15. The molecule has 0 aromatic heterocycles. The molecule has 1 heterocycles. The molecule has 1 aromatic rings. The molecule has 6 heteroatoms. The van der Waals surface area contributed by atoms with Crippen molar-refractivity contribution in [1.82, 2.24) is 5.32 Å². The lowest BCUT2D eigenvalue weighted by atomic mass is 10.1. The standard InChI is InChI=1S/C16H23NO5/c1-19-13-7-11(8-14(20-2)16(13)21-3)9-15(18)17-10-12-5-4-6-22-12/h7-8,12H,4-6,9-10H2,1-3H3,(H,17,18). The largest absolute Gasteiger partial charge is 0.493 e. The Hall–Kier alpha value is -1.95. The van der Waals surface area contributed by atoms with Crippen LogP contribution in [0.4, 0.5) is 0 Å². The van der Waals surface area contributed by atoms with Gasteiger partial charge < -0.3 is 24.3 Å². The zero-order valence-corrected chi connectivity index (χ0v) is 13.3. The fourth-order valence-corrected chi connectivity index (χ4v) is 2.52. The lowest BCUT2D eigenvalue weighted by molar-refractivity contribution is -0.120. The van der Waals surface area contributed by atoms with Crippen molar-refractivity contribution in [1.29, 1.82) is 0 Å². The fourth-order valence-electron chi connectivity index (χ4n) is 2.52. The average Bonchev–Trinajstić information content (AvgIpc) is 3.05. The molecule has 0 aliphatic carbocycles. The predicted molar refractivity (Wildman–Crippen MR) is 81.8 cm³/mol. The second-order valence-electron chi connectivity index (χ2n) is 5.15. The van der Waals surface area contributed by atoms with E-state index in [0.717, 1.165) is 25.0 Å². The molecule has 0 bridgehead atoms. The minimum Gasteiger partial charge on any atom is -0.493 e. The third-order valence-corrected chi connectivity index (χ3v) is 3.64. The number of hydrogen-bond donors (Lipinski definition) is 1. The predicted octanol–water partition coefficient (Wildman–Crippen LogP) is 1.55. The van der Waals surface area contributed by atoms with Crippen LogP contribution < -0.4 is 19.5 Å². The molecule has 1 aliphatic heterocycles. The highest BCUT2D eigenvalue weighted by Crippen LogP contribution is 2.38. The molecule has 1 unspecified atom stereocenters. The molecular weight excluding hydrogens is 286 g/mol. The Kier molecular flexibility index (Phi) is 5.89. The van der Waals surface area contributed by atoms with Gasteiger partial charge in [0.25, 0.3) is 0 Å². The first-order chi connectivity index (χ1) is 10.7. The minimum absolute atomic E-state index is 0.0511. The summed E-state index contributed by atoms with van der Waals surface area (Å²) < 4.78 is 21.3. The number of nitrogens with one attached hydrogen (secondary N) is 1. The van der Waals surface area contributed by atoms with Gasteiger partial charge in [-0.15, -0.1) is 0 Å². The SMILES string of the molecule is COc1cc(CC(=O)NCC2CCCO2)cc(OC)c1OC. The molecule has 0 saturated carbocycles. The first kappa shape index (κ1) is 16.4. The smallest absolute Gasteiger partial charge is 0.224 e. The summed E-state index contributed by atoms with van der Waals surface area (Å²) in [6, 6.07) is 3.57. The number of benzene rings is 1. The van der Waals surface area contributed by atoms with E-state index >= 15 is 0 Å². The number of ether oxygens (including phenoxy) is 4. The van der Waals surface area contributed by atoms with E-state index in [1.807, 2.05) is 0 Å². The first-order valence-corrected chi connectivity index (χ1v) is 7.35. The third kappa shape index (κ3) is 4.04. The number of rotatable bonds is 7. The summed E-state index contributed by atoms with van der Waals surface area (Å²) in [7, 11) is 4.66. The molecule has 1 N–H and O–H groups in total. The Morgan fingerprint density at radius 3 is 2.41 bits per heavy atom. The van der Waals surface area contributed by atoms with E-state index < -0.39 is 0 Å². The molecule has 6 nitrogen and oxygen atoms in total. The summed E-state index contributed by atoms with van der Waals surface area (Å²) in [6.45, 7) is 1.34. The second kappa shape index (κ2) is 7.89. The maximum atomic E-state index is 12.0. The molecule has 122 valence electrons. The van der Waals surface area contributed by atoms with E-state index in [1.165, 1.54) is 0 Å². The van der Waals surface area contributed by atoms with Crippen LogP contribution in [0.15, 0.2) is 12.1 Å². The van der Waals surface area contributed by atoms with Gasteiger partial charge in [-0.25, -0.2) is 0 Å². The maximum absolute atomic E-state index is 12.0. The van der Waals surface area contributed by atoms with Crippen LogP contribution in [0.25, 0.3) is 0 Å². The highest BCUT2D eigenvalue weighted by atomic mass is 16.5. The van der Waals surface area contributed by atoms with Crippen LogP contribution in [-0.2, 0) is 16.0 Å². The van der Waals surface area contributed by atoms with Gasteiger partial charge in [-0.2, -0.15) is 0 Å². The first-order valence-electron chi connectivity index (χ1n) is 7.35. The fraction of sp³-hybridized carbons (Fsp3) is 0.562. The molecule has 1 aliphatic rings. The molecule has 1 saturated heterocycles. The van der Waals surface area contributed by atoms with E-state index in [-0.39, 0.29) is 18.4 Å². The molecule has 1 atom stereocenters. The number of amides is 1. The van der Waals surface area contributed by atoms with Crippen molar-refractivity contribution in [2.24, 2.45) is 0 Å². The summed E-state index contributed by atoms with van der Waals surface area (Å²) >= 11 is 0. The molecule has 0 spiro atoms. The van der Waals surface area contributed by atoms with Crippen molar-refractivity contribution in [3.63, 3.8) is 0 Å². The van der Waals surface area contributed by atoms with E-state index in [4.69, 9.17) is 18.9 Å². The Morgan fingerprint density at radius 2 is 1.91 bits per heavy atom. The Labute approximate surface area is 130 Å². The van der Waals surface area contributed by atoms with Crippen molar-refractivity contribution < 1.29 is 23.7 Å². The minimum atomic E-state index is -0.0511. The van der Waals surface area contributed by atoms with Gasteiger partial charge in [0.15, 0.2) is 11.5 Å². The van der Waals surface area contributed by atoms with Crippen LogP contribution in [0.5, 0.6) is 17.2 Å². The van der Waals surface area contributed by atoms with Crippen molar-refractivity contribution >= 4 is 5.91 Å². The number of methoxy groups -OCH3 is 3. The summed E-state index contributed by atoms with van der Waals surface area (Å²) in [6.07, 6.45) is 2.46. The van der Waals surface area contributed by atoms with Gasteiger partial charge in [-0.1, -0.05) is 0 Å². The molecule has 0 radical (unpaired) electrons. The Morgan fingerprint density at radius 1 is 1.23 bits per heavy atom. The van der Waals surface area contributed by atoms with Gasteiger partial charge in [0.1, 0.15) is 0 Å². The van der Waals surface area contributed by atoms with Gasteiger partial charge in [-0.05, 0) is 30.5 Å². The number of carbonyl (C=O) groups excluding carboxylic acids is 1. The number of hydrogen-bond acceptors (Lipinski definition) is 5. The van der Waals surface area contributed by atoms with Crippen LogP contribution in [-0.4, -0.2) is 46.5 Å². The molecule has 1 amide bonds. The zero-order valence-electron chi connectivity index (χ0n) is 13.3. The summed E-state index contributed by atoms with van der Waals surface area (Å²) in [5.74, 6) is 1.56. The highest BCUT2D eigenvalue weighted by molar-refractivity contribution is 5.79. The molecule has 1 fully saturated rings. The lowest BCUT2D eigenvalue weighted by Gasteiger charge is -2.14. The molecule has 1 aromatic carbocycles. The average molecular weight is 309 g/mol. The topological polar surface area (TPSA) is 66.0 Å². The molecule has 22 heavy (non-hydrogen) atoms. The van der Waals surface area contributed by atoms with Crippen LogP contribution >= 0.6 is 0 Å². The van der Waals surface area contributed by atoms with Gasteiger partial charge in [-0.3, -0.25) is 4.79 Å².